The van der Waals surface area contributed by atoms with Gasteiger partial charge in [-0.05, 0) is 50.5 Å². The summed E-state index contributed by atoms with van der Waals surface area (Å²) in [5.74, 6) is 1.19. The van der Waals surface area contributed by atoms with Crippen LogP contribution in [0.2, 0.25) is 0 Å². The number of aromatic nitrogens is 4. The third-order valence-corrected chi connectivity index (χ3v) is 7.42. The van der Waals surface area contributed by atoms with E-state index < -0.39 is 16.1 Å². The first-order chi connectivity index (χ1) is 17.8. The predicted molar refractivity (Wildman–Crippen MR) is 140 cm³/mol. The molecule has 0 amide bonds. The molecule has 0 saturated heterocycles. The minimum atomic E-state index is -4.02. The Labute approximate surface area is 215 Å². The van der Waals surface area contributed by atoms with Crippen molar-refractivity contribution in [2.45, 2.75) is 51.0 Å². The van der Waals surface area contributed by atoms with E-state index in [0.29, 0.717) is 47.8 Å². The van der Waals surface area contributed by atoms with Crippen LogP contribution in [-0.2, 0) is 22.9 Å². The zero-order valence-electron chi connectivity index (χ0n) is 21.1. The maximum Gasteiger partial charge on any atom is 0.277 e. The fourth-order valence-corrected chi connectivity index (χ4v) is 5.47. The van der Waals surface area contributed by atoms with E-state index in [1.54, 1.807) is 6.92 Å². The third kappa shape index (κ3) is 5.74. The van der Waals surface area contributed by atoms with Gasteiger partial charge in [-0.2, -0.15) is 0 Å². The summed E-state index contributed by atoms with van der Waals surface area (Å²) in [7, 11) is -4.02. The summed E-state index contributed by atoms with van der Waals surface area (Å²) in [6.07, 6.45) is 1.78. The molecule has 0 saturated carbocycles. The first-order valence-electron chi connectivity index (χ1n) is 12.2. The standard InChI is InChI=1S/C26H31N5O5S/c1-4-9-23-27-17(3)24-26(33)28-25(29-31(23)24)21-15-20(12-13-22(21)36-5-2)37(34,35)30-19(16-32)14-18-10-7-6-8-11-18/h6-8,10-13,15,19,30,32H,4-5,9,14,16H2,1-3H3,(H,28,29,33)/t19-/m0/s1. The molecule has 196 valence electrons. The minimum Gasteiger partial charge on any atom is -0.493 e. The summed E-state index contributed by atoms with van der Waals surface area (Å²) < 4.78 is 36.4. The highest BCUT2D eigenvalue weighted by Gasteiger charge is 2.23. The van der Waals surface area contributed by atoms with Gasteiger partial charge in [-0.25, -0.2) is 22.6 Å². The number of nitrogens with zero attached hydrogens (tertiary/aromatic N) is 3. The molecule has 4 aromatic rings. The molecule has 0 unspecified atom stereocenters. The van der Waals surface area contributed by atoms with Crippen LogP contribution < -0.4 is 15.0 Å². The number of ether oxygens (including phenoxy) is 1. The van der Waals surface area contributed by atoms with Gasteiger partial charge >= 0.3 is 0 Å². The Hall–Kier alpha value is -3.54. The van der Waals surface area contributed by atoms with E-state index >= 15 is 0 Å². The number of hydrogen-bond acceptors (Lipinski definition) is 7. The molecule has 1 atom stereocenters. The largest absolute Gasteiger partial charge is 0.493 e. The van der Waals surface area contributed by atoms with Gasteiger partial charge in [0.2, 0.25) is 10.0 Å². The summed E-state index contributed by atoms with van der Waals surface area (Å²) in [4.78, 5) is 20.2. The van der Waals surface area contributed by atoms with Crippen LogP contribution in [0, 0.1) is 6.92 Å². The van der Waals surface area contributed by atoms with Gasteiger partial charge in [0.15, 0.2) is 11.3 Å². The van der Waals surface area contributed by atoms with E-state index in [-0.39, 0.29) is 22.9 Å². The van der Waals surface area contributed by atoms with Crippen molar-refractivity contribution in [1.29, 1.82) is 0 Å². The Morgan fingerprint density at radius 2 is 1.92 bits per heavy atom. The van der Waals surface area contributed by atoms with E-state index in [4.69, 9.17) is 4.74 Å². The number of hydrogen-bond donors (Lipinski definition) is 3. The van der Waals surface area contributed by atoms with Crippen molar-refractivity contribution in [3.05, 3.63) is 76.0 Å². The zero-order chi connectivity index (χ0) is 26.6. The number of imidazole rings is 1. The fourth-order valence-electron chi connectivity index (χ4n) is 4.21. The van der Waals surface area contributed by atoms with Gasteiger partial charge < -0.3 is 14.8 Å². The van der Waals surface area contributed by atoms with Crippen molar-refractivity contribution in [3.63, 3.8) is 0 Å². The van der Waals surface area contributed by atoms with Gasteiger partial charge in [0.1, 0.15) is 11.6 Å². The third-order valence-electron chi connectivity index (χ3n) is 5.90. The van der Waals surface area contributed by atoms with Crippen molar-refractivity contribution in [2.75, 3.05) is 13.2 Å². The number of nitrogens with one attached hydrogen (secondary N) is 2. The summed E-state index contributed by atoms with van der Waals surface area (Å²) in [5, 5.41) is 14.4. The highest BCUT2D eigenvalue weighted by Crippen LogP contribution is 2.30. The molecule has 0 fully saturated rings. The number of sulfonamides is 1. The molecule has 4 rings (SSSR count). The molecule has 0 spiro atoms. The summed E-state index contributed by atoms with van der Waals surface area (Å²) in [6, 6.07) is 13.0. The highest BCUT2D eigenvalue weighted by molar-refractivity contribution is 7.89. The molecule has 3 N–H and O–H groups in total. The monoisotopic (exact) mass is 525 g/mol. The summed E-state index contributed by atoms with van der Waals surface area (Å²) >= 11 is 0. The molecule has 0 bridgehead atoms. The van der Waals surface area contributed by atoms with Crippen LogP contribution in [0.1, 0.15) is 37.4 Å². The Morgan fingerprint density at radius 3 is 2.59 bits per heavy atom. The second-order valence-corrected chi connectivity index (χ2v) is 10.4. The van der Waals surface area contributed by atoms with E-state index in [2.05, 4.69) is 19.8 Å². The number of benzene rings is 2. The fraction of sp³-hybridized carbons (Fsp3) is 0.346. The van der Waals surface area contributed by atoms with Crippen molar-refractivity contribution in [3.8, 4) is 17.1 Å². The Bertz CT molecular complexity index is 1550. The van der Waals surface area contributed by atoms with Crippen LogP contribution in [0.15, 0.2) is 58.2 Å². The minimum absolute atomic E-state index is 0.0456. The van der Waals surface area contributed by atoms with Crippen LogP contribution in [-0.4, -0.2) is 52.4 Å². The summed E-state index contributed by atoms with van der Waals surface area (Å²) in [5.41, 5.74) is 1.76. The molecule has 0 aliphatic rings. The van der Waals surface area contributed by atoms with Crippen molar-refractivity contribution >= 4 is 15.5 Å². The number of rotatable bonds is 11. The zero-order valence-corrected chi connectivity index (χ0v) is 21.9. The Balaban J connectivity index is 1.76. The molecule has 0 aliphatic carbocycles. The van der Waals surface area contributed by atoms with Gasteiger partial charge in [-0.15, -0.1) is 5.10 Å². The maximum atomic E-state index is 13.3. The molecule has 0 aliphatic heterocycles. The Kier molecular flexibility index (Phi) is 8.06. The lowest BCUT2D eigenvalue weighted by atomic mass is 10.1. The average Bonchev–Trinajstić information content (AvgIpc) is 3.20. The van der Waals surface area contributed by atoms with Crippen LogP contribution in [0.25, 0.3) is 16.9 Å². The molecule has 2 aromatic carbocycles. The van der Waals surface area contributed by atoms with Gasteiger partial charge in [-0.3, -0.25) is 4.79 Å². The number of aryl methyl sites for hydroxylation is 2. The highest BCUT2D eigenvalue weighted by atomic mass is 32.2. The van der Waals surface area contributed by atoms with Gasteiger partial charge in [0.05, 0.1) is 29.4 Å². The second-order valence-electron chi connectivity index (χ2n) is 8.71. The van der Waals surface area contributed by atoms with Gasteiger partial charge in [0, 0.05) is 12.5 Å². The first-order valence-corrected chi connectivity index (χ1v) is 13.7. The quantitative estimate of drug-likeness (QED) is 0.274. The predicted octanol–water partition coefficient (Wildman–Crippen LogP) is 2.63. The Morgan fingerprint density at radius 1 is 1.16 bits per heavy atom. The van der Waals surface area contributed by atoms with Crippen molar-refractivity contribution in [2.24, 2.45) is 0 Å². The molecule has 2 aromatic heterocycles. The number of aliphatic hydroxyl groups is 1. The van der Waals surface area contributed by atoms with Crippen LogP contribution in [0.3, 0.4) is 0 Å². The molecule has 37 heavy (non-hydrogen) atoms. The normalized spacial score (nSPS) is 12.6. The van der Waals surface area contributed by atoms with Crippen LogP contribution in [0.4, 0.5) is 0 Å². The summed E-state index contributed by atoms with van der Waals surface area (Å²) in [6.45, 7) is 5.53. The molecule has 0 radical (unpaired) electrons. The SMILES string of the molecule is CCCc1nc(C)c2c(=O)[nH]c(-c3cc(S(=O)(=O)N[C@H](CO)Cc4ccccc4)ccc3OCC)nn12. The molecular formula is C26H31N5O5S. The first kappa shape index (κ1) is 26.5. The van der Waals surface area contributed by atoms with Crippen LogP contribution >= 0.6 is 0 Å². The van der Waals surface area contributed by atoms with Gasteiger partial charge in [0.25, 0.3) is 5.56 Å². The smallest absolute Gasteiger partial charge is 0.277 e. The van der Waals surface area contributed by atoms with E-state index in [1.165, 1.54) is 22.7 Å². The van der Waals surface area contributed by atoms with Crippen molar-refractivity contribution < 1.29 is 18.3 Å². The van der Waals surface area contributed by atoms with Crippen molar-refractivity contribution in [1.82, 2.24) is 24.3 Å². The molecule has 10 nitrogen and oxygen atoms in total. The van der Waals surface area contributed by atoms with Gasteiger partial charge in [-0.1, -0.05) is 37.3 Å². The number of H-pyrrole nitrogens is 1. The number of fused-ring (bicyclic) bond motifs is 1. The average molecular weight is 526 g/mol. The number of aliphatic hydroxyl groups excluding tert-OH is 1. The molecule has 2 heterocycles. The topological polar surface area (TPSA) is 139 Å². The lowest BCUT2D eigenvalue weighted by Gasteiger charge is -2.18. The van der Waals surface area contributed by atoms with E-state index in [9.17, 15) is 18.3 Å². The lowest BCUT2D eigenvalue weighted by molar-refractivity contribution is 0.256. The van der Waals surface area contributed by atoms with Crippen LogP contribution in [0.5, 0.6) is 5.75 Å². The lowest BCUT2D eigenvalue weighted by Crippen LogP contribution is -2.39. The number of aromatic amines is 1. The maximum absolute atomic E-state index is 13.3. The van der Waals surface area contributed by atoms with E-state index in [0.717, 1.165) is 12.0 Å². The second kappa shape index (κ2) is 11.2. The molecular weight excluding hydrogens is 494 g/mol. The van der Waals surface area contributed by atoms with E-state index in [1.807, 2.05) is 44.2 Å². The molecule has 11 heteroatoms.